The van der Waals surface area contributed by atoms with Gasteiger partial charge in [-0.05, 0) is 49.9 Å². The van der Waals surface area contributed by atoms with E-state index in [1.165, 1.54) is 64.2 Å². The molecule has 0 saturated carbocycles. The van der Waals surface area contributed by atoms with Crippen molar-refractivity contribution in [2.24, 2.45) is 0 Å². The lowest BCUT2D eigenvalue weighted by molar-refractivity contribution is -0.517. The molecule has 0 bridgehead atoms. The number of ether oxygens (including phenoxy) is 2. The minimum absolute atomic E-state index is 0.0864. The van der Waals surface area contributed by atoms with Crippen LogP contribution in [0.2, 0.25) is 0 Å². The summed E-state index contributed by atoms with van der Waals surface area (Å²) in [5.74, 6) is 1.69. The number of para-hydroxylation sites is 2. The van der Waals surface area contributed by atoms with Crippen LogP contribution in [0.1, 0.15) is 104 Å². The Balaban J connectivity index is 1.72. The van der Waals surface area contributed by atoms with Gasteiger partial charge in [-0.2, -0.15) is 0 Å². The van der Waals surface area contributed by atoms with E-state index in [4.69, 9.17) is 24.3 Å². The maximum absolute atomic E-state index is 6.16. The van der Waals surface area contributed by atoms with Gasteiger partial charge in [-0.3, -0.25) is 0 Å². The van der Waals surface area contributed by atoms with Gasteiger partial charge in [0.2, 0.25) is 0 Å². The van der Waals surface area contributed by atoms with E-state index in [1.54, 1.807) is 0 Å². The molecule has 37 heavy (non-hydrogen) atoms. The van der Waals surface area contributed by atoms with E-state index in [1.807, 2.05) is 60.7 Å². The van der Waals surface area contributed by atoms with Crippen molar-refractivity contribution in [3.8, 4) is 11.5 Å². The fraction of sp³-hybridized carbons (Fsp3) is 0.625. The van der Waals surface area contributed by atoms with Crippen molar-refractivity contribution < 1.29 is 24.3 Å². The summed E-state index contributed by atoms with van der Waals surface area (Å²) < 4.78 is 12.3. The predicted molar refractivity (Wildman–Crippen MR) is 151 cm³/mol. The molecule has 5 heteroatoms. The normalized spacial score (nSPS) is 12.8. The third-order valence-corrected chi connectivity index (χ3v) is 6.46. The molecule has 0 aliphatic rings. The molecule has 0 spiro atoms. The summed E-state index contributed by atoms with van der Waals surface area (Å²) >= 11 is 0. The van der Waals surface area contributed by atoms with E-state index < -0.39 is 0 Å². The van der Waals surface area contributed by atoms with Crippen molar-refractivity contribution in [3.05, 3.63) is 60.7 Å². The Morgan fingerprint density at radius 2 is 0.865 bits per heavy atom. The van der Waals surface area contributed by atoms with Crippen LogP contribution in [-0.2, 0) is 14.8 Å². The minimum Gasteiger partial charge on any atom is -0.488 e. The van der Waals surface area contributed by atoms with Crippen LogP contribution in [0.15, 0.2) is 60.7 Å². The summed E-state index contributed by atoms with van der Waals surface area (Å²) in [7, 11) is 0. The van der Waals surface area contributed by atoms with Crippen molar-refractivity contribution in [2.45, 2.75) is 116 Å². The van der Waals surface area contributed by atoms with Crippen molar-refractivity contribution in [3.63, 3.8) is 0 Å². The molecule has 0 aromatic heterocycles. The summed E-state index contributed by atoms with van der Waals surface area (Å²) in [6, 6.07) is 19.8. The van der Waals surface area contributed by atoms with E-state index in [0.29, 0.717) is 13.2 Å². The summed E-state index contributed by atoms with van der Waals surface area (Å²) in [5.41, 5.74) is 0. The average molecular weight is 515 g/mol. The molecule has 0 saturated heterocycles. The van der Waals surface area contributed by atoms with Crippen LogP contribution in [0.3, 0.4) is 0 Å². The second-order valence-corrected chi connectivity index (χ2v) is 9.86. The van der Waals surface area contributed by atoms with Crippen LogP contribution in [0, 0.1) is 0 Å². The SMILES string of the molecule is CCCCCCCCC(COOOCC(CCCCCCCC)Oc1ccccc1)Oc1ccccc1. The first-order valence-electron chi connectivity index (χ1n) is 14.7. The van der Waals surface area contributed by atoms with Crippen molar-refractivity contribution >= 4 is 0 Å². The largest absolute Gasteiger partial charge is 0.488 e. The molecular weight excluding hydrogens is 464 g/mol. The van der Waals surface area contributed by atoms with Gasteiger partial charge >= 0.3 is 0 Å². The van der Waals surface area contributed by atoms with Crippen molar-refractivity contribution in [1.82, 2.24) is 0 Å². The summed E-state index contributed by atoms with van der Waals surface area (Å²) in [5, 5.41) is 5.13. The Bertz CT molecular complexity index is 676. The van der Waals surface area contributed by atoms with Crippen LogP contribution < -0.4 is 9.47 Å². The second kappa shape index (κ2) is 22.0. The topological polar surface area (TPSA) is 46.2 Å². The first-order chi connectivity index (χ1) is 18.3. The molecule has 208 valence electrons. The molecule has 0 radical (unpaired) electrons. The lowest BCUT2D eigenvalue weighted by Crippen LogP contribution is -2.26. The van der Waals surface area contributed by atoms with Gasteiger partial charge < -0.3 is 9.47 Å². The number of benzene rings is 2. The third-order valence-electron chi connectivity index (χ3n) is 6.46. The molecule has 2 aromatic rings. The smallest absolute Gasteiger partial charge is 0.125 e. The Morgan fingerprint density at radius 1 is 0.486 bits per heavy atom. The monoisotopic (exact) mass is 514 g/mol. The van der Waals surface area contributed by atoms with Gasteiger partial charge in [-0.15, -0.1) is 0 Å². The fourth-order valence-electron chi connectivity index (χ4n) is 4.28. The lowest BCUT2D eigenvalue weighted by atomic mass is 10.1. The zero-order valence-electron chi connectivity index (χ0n) is 23.3. The van der Waals surface area contributed by atoms with Crippen LogP contribution in [0.25, 0.3) is 0 Å². The maximum atomic E-state index is 6.16. The summed E-state index contributed by atoms with van der Waals surface area (Å²) in [6.07, 6.45) is 16.6. The first-order valence-corrected chi connectivity index (χ1v) is 14.7. The van der Waals surface area contributed by atoms with E-state index in [0.717, 1.165) is 37.2 Å². The molecule has 0 aliphatic carbocycles. The summed E-state index contributed by atoms with van der Waals surface area (Å²) in [4.78, 5) is 10.9. The highest BCUT2D eigenvalue weighted by molar-refractivity contribution is 5.22. The van der Waals surface area contributed by atoms with Gasteiger partial charge in [0.25, 0.3) is 0 Å². The zero-order valence-corrected chi connectivity index (χ0v) is 23.3. The van der Waals surface area contributed by atoms with Crippen molar-refractivity contribution in [1.29, 1.82) is 0 Å². The van der Waals surface area contributed by atoms with Crippen LogP contribution >= 0.6 is 0 Å². The molecule has 0 aliphatic heterocycles. The highest BCUT2D eigenvalue weighted by Gasteiger charge is 2.15. The number of hydrogen-bond acceptors (Lipinski definition) is 5. The Hall–Kier alpha value is -2.08. The van der Waals surface area contributed by atoms with E-state index in [2.05, 4.69) is 13.8 Å². The molecule has 2 atom stereocenters. The predicted octanol–water partition coefficient (Wildman–Crippen LogP) is 9.26. The highest BCUT2D eigenvalue weighted by atomic mass is 17.5. The minimum atomic E-state index is -0.0864. The Morgan fingerprint density at radius 3 is 1.27 bits per heavy atom. The first kappa shape index (κ1) is 31.1. The van der Waals surface area contributed by atoms with E-state index >= 15 is 0 Å². The van der Waals surface area contributed by atoms with Gasteiger partial charge in [0, 0.05) is 0 Å². The molecule has 5 nitrogen and oxygen atoms in total. The Labute approximate surface area is 225 Å². The van der Waals surface area contributed by atoms with E-state index in [9.17, 15) is 0 Å². The van der Waals surface area contributed by atoms with Crippen LogP contribution in [0.5, 0.6) is 11.5 Å². The van der Waals surface area contributed by atoms with E-state index in [-0.39, 0.29) is 12.2 Å². The average Bonchev–Trinajstić information content (AvgIpc) is 2.93. The number of rotatable bonds is 24. The molecule has 0 amide bonds. The quantitative estimate of drug-likeness (QED) is 0.0793. The number of hydrogen-bond donors (Lipinski definition) is 0. The number of unbranched alkanes of at least 4 members (excludes halogenated alkanes) is 10. The van der Waals surface area contributed by atoms with Crippen LogP contribution in [0.4, 0.5) is 0 Å². The van der Waals surface area contributed by atoms with Gasteiger partial charge in [-0.25, -0.2) is 9.78 Å². The third kappa shape index (κ3) is 16.4. The standard InChI is InChI=1S/C32H50O5/c1-3-5-7-9-11-15-25-31(35-29-21-17-13-18-22-29)27-33-37-34-28-32(26-16-12-10-8-6-4-2)36-30-23-19-14-20-24-30/h13-14,17-24,31-32H,3-12,15-16,25-28H2,1-2H3. The van der Waals surface area contributed by atoms with Gasteiger partial charge in [0.15, 0.2) is 0 Å². The van der Waals surface area contributed by atoms with Crippen molar-refractivity contribution in [2.75, 3.05) is 13.2 Å². The maximum Gasteiger partial charge on any atom is 0.125 e. The molecule has 0 fully saturated rings. The molecule has 0 N–H and O–H groups in total. The van der Waals surface area contributed by atoms with Gasteiger partial charge in [-0.1, -0.05) is 119 Å². The molecule has 2 unspecified atom stereocenters. The molecule has 2 aromatic carbocycles. The van der Waals surface area contributed by atoms with Gasteiger partial charge in [0.05, 0.1) is 0 Å². The molecule has 2 rings (SSSR count). The van der Waals surface area contributed by atoms with Crippen LogP contribution in [-0.4, -0.2) is 25.4 Å². The zero-order chi connectivity index (χ0) is 26.2. The lowest BCUT2D eigenvalue weighted by Gasteiger charge is -2.20. The van der Waals surface area contributed by atoms with Gasteiger partial charge in [0.1, 0.15) is 36.9 Å². The highest BCUT2D eigenvalue weighted by Crippen LogP contribution is 2.18. The molecule has 0 heterocycles. The molecular formula is C32H50O5. The summed E-state index contributed by atoms with van der Waals surface area (Å²) in [6.45, 7) is 5.11. The second-order valence-electron chi connectivity index (χ2n) is 9.86. The fourth-order valence-corrected chi connectivity index (χ4v) is 4.28. The Kier molecular flexibility index (Phi) is 18.5.